The molecule has 0 spiro atoms. The van der Waals surface area contributed by atoms with E-state index in [1.165, 1.54) is 12.1 Å². The van der Waals surface area contributed by atoms with Gasteiger partial charge in [0.1, 0.15) is 12.8 Å². The first-order valence-electron chi connectivity index (χ1n) is 7.41. The van der Waals surface area contributed by atoms with E-state index in [2.05, 4.69) is 10.2 Å². The average Bonchev–Trinajstić information content (AvgIpc) is 2.65. The Bertz CT molecular complexity index is 696. The van der Waals surface area contributed by atoms with Crippen LogP contribution in [0.5, 0.6) is 0 Å². The van der Waals surface area contributed by atoms with Crippen LogP contribution >= 0.6 is 0 Å². The predicted molar refractivity (Wildman–Crippen MR) is 84.2 cm³/mol. The van der Waals surface area contributed by atoms with Crippen LogP contribution in [0.4, 0.5) is 13.2 Å². The van der Waals surface area contributed by atoms with E-state index in [0.717, 1.165) is 0 Å². The minimum atomic E-state index is -3.28. The van der Waals surface area contributed by atoms with Crippen molar-refractivity contribution in [3.63, 3.8) is 0 Å². The van der Waals surface area contributed by atoms with Crippen molar-refractivity contribution in [2.45, 2.75) is 25.1 Å². The second-order valence-electron chi connectivity index (χ2n) is 5.25. The summed E-state index contributed by atoms with van der Waals surface area (Å²) in [6, 6.07) is 8.23. The number of nitrogens with zero attached hydrogens (tertiary/aromatic N) is 2. The molecule has 0 radical (unpaired) electrons. The minimum absolute atomic E-state index is 0.271. The van der Waals surface area contributed by atoms with E-state index in [4.69, 9.17) is 5.73 Å². The van der Waals surface area contributed by atoms with Gasteiger partial charge in [0.25, 0.3) is 5.91 Å². The fourth-order valence-electron chi connectivity index (χ4n) is 2.15. The van der Waals surface area contributed by atoms with E-state index >= 15 is 0 Å². The first-order chi connectivity index (χ1) is 12.0. The van der Waals surface area contributed by atoms with Crippen molar-refractivity contribution in [3.05, 3.63) is 47.7 Å². The predicted octanol–water partition coefficient (Wildman–Crippen LogP) is 1.36. The van der Waals surface area contributed by atoms with Gasteiger partial charge < -0.3 is 16.2 Å². The van der Waals surface area contributed by atoms with Gasteiger partial charge in [0.2, 0.25) is 0 Å². The number of carbonyl (C=O) groups excluding carboxylic acids is 1. The maximum atomic E-state index is 13.0. The number of hydrogen-bond acceptors (Lipinski definition) is 5. The Morgan fingerprint density at radius 2 is 1.84 bits per heavy atom. The fourth-order valence-corrected chi connectivity index (χ4v) is 2.15. The number of amides is 1. The maximum Gasteiger partial charge on any atom is 0.315 e. The zero-order valence-corrected chi connectivity index (χ0v) is 13.1. The standard InChI is InChI=1S/C16H17F3N4O2/c17-7-13(21-16(25)15(18)19)14(24)10-3-1-9(2-4-10)12-6-5-11(8-20)22-23-12/h1-6,13-15,24H,7-8,20H2,(H,21,25)/t13?,14-/m1/s1. The van der Waals surface area contributed by atoms with E-state index in [1.54, 1.807) is 29.6 Å². The summed E-state index contributed by atoms with van der Waals surface area (Å²) in [6.07, 6.45) is -4.74. The number of nitrogens with one attached hydrogen (secondary N) is 1. The number of rotatable bonds is 7. The highest BCUT2D eigenvalue weighted by molar-refractivity contribution is 5.79. The van der Waals surface area contributed by atoms with E-state index in [0.29, 0.717) is 17.0 Å². The molecule has 2 atom stereocenters. The molecule has 0 saturated carbocycles. The third kappa shape index (κ3) is 4.74. The molecule has 6 nitrogen and oxygen atoms in total. The molecule has 9 heteroatoms. The first-order valence-corrected chi connectivity index (χ1v) is 7.41. The summed E-state index contributed by atoms with van der Waals surface area (Å²) in [5.74, 6) is -1.63. The van der Waals surface area contributed by atoms with Crippen molar-refractivity contribution < 1.29 is 23.1 Å². The third-order valence-corrected chi connectivity index (χ3v) is 3.55. The molecule has 0 aliphatic rings. The van der Waals surface area contributed by atoms with Crippen LogP contribution in [0.15, 0.2) is 36.4 Å². The number of aromatic nitrogens is 2. The van der Waals surface area contributed by atoms with Gasteiger partial charge in [0, 0.05) is 12.1 Å². The van der Waals surface area contributed by atoms with E-state index in [9.17, 15) is 23.1 Å². The summed E-state index contributed by atoms with van der Waals surface area (Å²) in [5, 5.41) is 19.8. The number of halogens is 3. The largest absolute Gasteiger partial charge is 0.386 e. The van der Waals surface area contributed by atoms with Crippen LogP contribution in [0.1, 0.15) is 17.4 Å². The molecule has 0 saturated heterocycles. The summed E-state index contributed by atoms with van der Waals surface area (Å²) in [5.41, 5.74) is 7.62. The van der Waals surface area contributed by atoms with Crippen molar-refractivity contribution in [2.75, 3.05) is 6.67 Å². The normalized spacial score (nSPS) is 13.5. The van der Waals surface area contributed by atoms with Crippen LogP contribution in [0.2, 0.25) is 0 Å². The fraction of sp³-hybridized carbons (Fsp3) is 0.312. The summed E-state index contributed by atoms with van der Waals surface area (Å²) < 4.78 is 37.5. The Hall–Kier alpha value is -2.52. The van der Waals surface area contributed by atoms with Crippen molar-refractivity contribution in [1.29, 1.82) is 0 Å². The number of nitrogens with two attached hydrogens (primary N) is 1. The van der Waals surface area contributed by atoms with Gasteiger partial charge in [0.05, 0.1) is 17.4 Å². The Kier molecular flexibility index (Phi) is 6.43. The van der Waals surface area contributed by atoms with Gasteiger partial charge >= 0.3 is 6.43 Å². The highest BCUT2D eigenvalue weighted by Crippen LogP contribution is 2.22. The lowest BCUT2D eigenvalue weighted by Crippen LogP contribution is -2.43. The molecule has 0 fully saturated rings. The van der Waals surface area contributed by atoms with Crippen LogP contribution in [-0.2, 0) is 11.3 Å². The van der Waals surface area contributed by atoms with Gasteiger partial charge in [-0.25, -0.2) is 4.39 Å². The first kappa shape index (κ1) is 18.8. The lowest BCUT2D eigenvalue weighted by atomic mass is 10.0. The zero-order chi connectivity index (χ0) is 18.4. The molecular formula is C16H17F3N4O2. The van der Waals surface area contributed by atoms with E-state index in [1.807, 2.05) is 0 Å². The molecule has 4 N–H and O–H groups in total. The van der Waals surface area contributed by atoms with Crippen molar-refractivity contribution in [3.8, 4) is 11.3 Å². The second kappa shape index (κ2) is 8.54. The number of benzene rings is 1. The average molecular weight is 354 g/mol. The summed E-state index contributed by atoms with van der Waals surface area (Å²) in [4.78, 5) is 11.0. The van der Waals surface area contributed by atoms with E-state index < -0.39 is 31.2 Å². The van der Waals surface area contributed by atoms with Crippen LogP contribution in [-0.4, -0.2) is 40.4 Å². The second-order valence-corrected chi connectivity index (χ2v) is 5.25. The molecule has 1 heterocycles. The number of hydrogen-bond donors (Lipinski definition) is 3. The lowest BCUT2D eigenvalue weighted by molar-refractivity contribution is -0.133. The van der Waals surface area contributed by atoms with Crippen molar-refractivity contribution in [1.82, 2.24) is 15.5 Å². The number of alkyl halides is 3. The maximum absolute atomic E-state index is 13.0. The molecule has 134 valence electrons. The lowest BCUT2D eigenvalue weighted by Gasteiger charge is -2.21. The monoisotopic (exact) mass is 354 g/mol. The topological polar surface area (TPSA) is 101 Å². The highest BCUT2D eigenvalue weighted by Gasteiger charge is 2.26. The Labute approximate surface area is 141 Å². The molecule has 1 aromatic heterocycles. The molecule has 1 amide bonds. The minimum Gasteiger partial charge on any atom is -0.386 e. The number of carbonyl (C=O) groups is 1. The highest BCUT2D eigenvalue weighted by atomic mass is 19.3. The van der Waals surface area contributed by atoms with Crippen LogP contribution < -0.4 is 11.1 Å². The number of aliphatic hydroxyl groups excluding tert-OH is 1. The van der Waals surface area contributed by atoms with Gasteiger partial charge in [-0.05, 0) is 17.7 Å². The quantitative estimate of drug-likeness (QED) is 0.697. The molecule has 1 aromatic carbocycles. The molecule has 0 aliphatic carbocycles. The van der Waals surface area contributed by atoms with Gasteiger partial charge in [0.15, 0.2) is 0 Å². The molecule has 0 bridgehead atoms. The van der Waals surface area contributed by atoms with Crippen LogP contribution in [0.3, 0.4) is 0 Å². The molecular weight excluding hydrogens is 337 g/mol. The SMILES string of the molecule is NCc1ccc(-c2ccc([C@@H](O)C(CF)NC(=O)C(F)F)cc2)nn1. The smallest absolute Gasteiger partial charge is 0.315 e. The molecule has 2 aromatic rings. The molecule has 2 rings (SSSR count). The molecule has 0 aliphatic heterocycles. The summed E-state index contributed by atoms with van der Waals surface area (Å²) >= 11 is 0. The van der Waals surface area contributed by atoms with Gasteiger partial charge in [-0.2, -0.15) is 19.0 Å². The van der Waals surface area contributed by atoms with Crippen LogP contribution in [0, 0.1) is 0 Å². The third-order valence-electron chi connectivity index (χ3n) is 3.55. The zero-order valence-electron chi connectivity index (χ0n) is 13.1. The Morgan fingerprint density at radius 1 is 1.16 bits per heavy atom. The van der Waals surface area contributed by atoms with E-state index in [-0.39, 0.29) is 12.1 Å². The molecule has 25 heavy (non-hydrogen) atoms. The van der Waals surface area contributed by atoms with Crippen LogP contribution in [0.25, 0.3) is 11.3 Å². The van der Waals surface area contributed by atoms with Gasteiger partial charge in [-0.15, -0.1) is 0 Å². The Balaban J connectivity index is 2.12. The number of aliphatic hydroxyl groups is 1. The molecule has 1 unspecified atom stereocenters. The summed E-state index contributed by atoms with van der Waals surface area (Å²) in [6.45, 7) is -0.916. The van der Waals surface area contributed by atoms with Gasteiger partial charge in [-0.3, -0.25) is 4.79 Å². The Morgan fingerprint density at radius 3 is 2.32 bits per heavy atom. The van der Waals surface area contributed by atoms with Gasteiger partial charge in [-0.1, -0.05) is 24.3 Å². The van der Waals surface area contributed by atoms with Crippen molar-refractivity contribution in [2.24, 2.45) is 5.73 Å². The summed E-state index contributed by atoms with van der Waals surface area (Å²) in [7, 11) is 0. The van der Waals surface area contributed by atoms with Crippen molar-refractivity contribution >= 4 is 5.91 Å².